The smallest absolute Gasteiger partial charge is 0.187 e. The quantitative estimate of drug-likeness (QED) is 0.171. The van der Waals surface area contributed by atoms with Crippen LogP contribution in [0.3, 0.4) is 0 Å². The maximum absolute atomic E-state index is 12.3. The minimum absolute atomic E-state index is 0.0218. The van der Waals surface area contributed by atoms with E-state index in [-0.39, 0.29) is 46.5 Å². The third-order valence-electron chi connectivity index (χ3n) is 17.2. The third kappa shape index (κ3) is 6.42. The zero-order valence-electron chi connectivity index (χ0n) is 34.0. The average Bonchev–Trinajstić information content (AvgIpc) is 3.49. The van der Waals surface area contributed by atoms with Gasteiger partial charge in [-0.25, -0.2) is 0 Å². The normalized spacial score (nSPS) is 57.7. The molecule has 1 unspecified atom stereocenters. The second-order valence-corrected chi connectivity index (χ2v) is 20.7. The molecule has 21 atom stereocenters. The van der Waals surface area contributed by atoms with Crippen LogP contribution in [-0.2, 0) is 23.7 Å². The summed E-state index contributed by atoms with van der Waals surface area (Å²) in [5.74, 6) is 0.392. The number of aliphatic hydroxyl groups excluding tert-OH is 9. The van der Waals surface area contributed by atoms with Crippen LogP contribution in [-0.4, -0.2) is 150 Å². The summed E-state index contributed by atoms with van der Waals surface area (Å²) in [6.07, 6.45) is -9.59. The van der Waals surface area contributed by atoms with E-state index in [1.165, 1.54) is 0 Å². The molecule has 0 aromatic rings. The van der Waals surface area contributed by atoms with Crippen LogP contribution in [0.15, 0.2) is 0 Å². The molecule has 318 valence electrons. The van der Waals surface area contributed by atoms with Gasteiger partial charge in [0.2, 0.25) is 0 Å². The Morgan fingerprint density at radius 1 is 0.655 bits per heavy atom. The summed E-state index contributed by atoms with van der Waals surface area (Å²) in [5, 5.41) is 97.0. The van der Waals surface area contributed by atoms with Crippen molar-refractivity contribution in [1.82, 2.24) is 0 Å². The maximum Gasteiger partial charge on any atom is 0.187 e. The Bertz CT molecular complexity index is 1400. The highest BCUT2D eigenvalue weighted by Crippen LogP contribution is 2.76. The monoisotopic (exact) mass is 786 g/mol. The van der Waals surface area contributed by atoms with Crippen LogP contribution in [0, 0.1) is 45.3 Å². The molecule has 4 aliphatic carbocycles. The molecule has 7 rings (SSSR count). The second kappa shape index (κ2) is 14.3. The molecular weight excluding hydrogens is 716 g/mol. The molecule has 55 heavy (non-hydrogen) atoms. The molecule has 0 spiro atoms. The van der Waals surface area contributed by atoms with Gasteiger partial charge in [0.25, 0.3) is 0 Å². The number of aliphatic hydroxyl groups is 9. The fourth-order valence-corrected chi connectivity index (χ4v) is 14.1. The summed E-state index contributed by atoms with van der Waals surface area (Å²) in [5.41, 5.74) is -2.46. The molecule has 4 saturated carbocycles. The van der Waals surface area contributed by atoms with E-state index in [0.29, 0.717) is 19.3 Å². The first-order chi connectivity index (χ1) is 25.5. The predicted octanol–water partition coefficient (Wildman–Crippen LogP) is 0.970. The fourth-order valence-electron chi connectivity index (χ4n) is 14.1. The molecule has 14 nitrogen and oxygen atoms in total. The summed E-state index contributed by atoms with van der Waals surface area (Å²) in [6, 6.07) is 0. The number of hydrogen-bond acceptors (Lipinski definition) is 14. The molecule has 3 saturated heterocycles. The topological polar surface area (TPSA) is 228 Å². The number of hydrogen-bond donors (Lipinski definition) is 9. The van der Waals surface area contributed by atoms with Crippen LogP contribution >= 0.6 is 0 Å². The maximum atomic E-state index is 12.3. The Labute approximate surface area is 325 Å². The molecule has 0 amide bonds. The van der Waals surface area contributed by atoms with E-state index in [4.69, 9.17) is 23.7 Å². The van der Waals surface area contributed by atoms with Gasteiger partial charge in [0.15, 0.2) is 12.6 Å². The van der Waals surface area contributed by atoms with Gasteiger partial charge in [-0.1, -0.05) is 34.6 Å². The standard InChI is InChI=1S/C41H70O14/c1-36(2)24-10-14-39(6)25(15-20(43)27-19(9-13-40(27,39)7)41(8)16-21(44)33(50)37(3,4)55-41)38(24,5)12-11-26(36)53-35-32(30(48)29(47)23(17-42)52-35)54-34-31(49)28(46)22(45)18-51-34/h19-35,42-50H,9-18H2,1-8H3/t19-,20+,21-,22+,23+,24?,25+,26-,27-,28-,29+,30-,31+,32+,33+,34-,35-,38-,39+,40+,41-/m0/s1. The molecule has 7 aliphatic rings. The minimum atomic E-state index is -1.64. The average molecular weight is 787 g/mol. The van der Waals surface area contributed by atoms with Crippen LogP contribution in [0.2, 0.25) is 0 Å². The first-order valence-corrected chi connectivity index (χ1v) is 20.8. The van der Waals surface area contributed by atoms with Crippen molar-refractivity contribution in [2.45, 2.75) is 198 Å². The lowest BCUT2D eigenvalue weighted by Gasteiger charge is -2.71. The first kappa shape index (κ1) is 42.6. The number of ether oxygens (including phenoxy) is 5. The van der Waals surface area contributed by atoms with Crippen molar-refractivity contribution in [3.8, 4) is 0 Å². The van der Waals surface area contributed by atoms with Gasteiger partial charge in [0, 0.05) is 6.42 Å². The molecular formula is C41H70O14. The van der Waals surface area contributed by atoms with E-state index in [1.807, 2.05) is 13.8 Å². The third-order valence-corrected chi connectivity index (χ3v) is 17.2. The Morgan fingerprint density at radius 2 is 1.33 bits per heavy atom. The van der Waals surface area contributed by atoms with Crippen LogP contribution < -0.4 is 0 Å². The van der Waals surface area contributed by atoms with Crippen molar-refractivity contribution in [2.24, 2.45) is 45.3 Å². The van der Waals surface area contributed by atoms with Gasteiger partial charge in [0.1, 0.15) is 48.8 Å². The van der Waals surface area contributed by atoms with E-state index in [9.17, 15) is 46.0 Å². The van der Waals surface area contributed by atoms with Gasteiger partial charge in [-0.15, -0.1) is 0 Å². The molecule has 9 N–H and O–H groups in total. The van der Waals surface area contributed by atoms with E-state index >= 15 is 0 Å². The summed E-state index contributed by atoms with van der Waals surface area (Å²) in [7, 11) is 0. The molecule has 0 radical (unpaired) electrons. The van der Waals surface area contributed by atoms with Gasteiger partial charge < -0.3 is 69.6 Å². The SMILES string of the molecule is CC1(C)O[C@](C)([C@H]2CC[C@]3(C)[C@@H]2[C@H](O)C[C@@H]2[C@@]4(C)CC[C@H](O[C@@H]5O[C@H](CO)[C@@H](O)[C@H](O)[C@H]5O[C@@H]5OC[C@@H](O)[C@H](O)[C@H]5O)C(C)(C)C4CC[C@]23C)C[C@H](O)[C@H]1O. The largest absolute Gasteiger partial charge is 0.394 e. The predicted molar refractivity (Wildman–Crippen MR) is 196 cm³/mol. The molecule has 0 aromatic heterocycles. The Balaban J connectivity index is 1.12. The number of rotatable bonds is 6. The van der Waals surface area contributed by atoms with Crippen molar-refractivity contribution in [3.63, 3.8) is 0 Å². The molecule has 0 bridgehead atoms. The van der Waals surface area contributed by atoms with Crippen molar-refractivity contribution >= 4 is 0 Å². The van der Waals surface area contributed by atoms with Crippen LogP contribution in [0.4, 0.5) is 0 Å². The van der Waals surface area contributed by atoms with E-state index in [1.54, 1.807) is 0 Å². The fraction of sp³-hybridized carbons (Fsp3) is 1.00. The molecule has 14 heteroatoms. The lowest BCUT2D eigenvalue weighted by atomic mass is 9.35. The van der Waals surface area contributed by atoms with Crippen LogP contribution in [0.25, 0.3) is 0 Å². The lowest BCUT2D eigenvalue weighted by molar-refractivity contribution is -0.370. The highest BCUT2D eigenvalue weighted by atomic mass is 16.8. The van der Waals surface area contributed by atoms with Crippen molar-refractivity contribution in [1.29, 1.82) is 0 Å². The lowest BCUT2D eigenvalue weighted by Crippen LogP contribution is -2.68. The van der Waals surface area contributed by atoms with E-state index in [2.05, 4.69) is 41.5 Å². The van der Waals surface area contributed by atoms with Gasteiger partial charge in [0.05, 0.1) is 42.7 Å². The molecule has 3 aliphatic heterocycles. The summed E-state index contributed by atoms with van der Waals surface area (Å²) in [6.45, 7) is 16.4. The van der Waals surface area contributed by atoms with Crippen LogP contribution in [0.1, 0.15) is 107 Å². The zero-order valence-corrected chi connectivity index (χ0v) is 34.0. The highest BCUT2D eigenvalue weighted by molar-refractivity contribution is 5.21. The molecule has 0 aromatic carbocycles. The minimum Gasteiger partial charge on any atom is -0.394 e. The zero-order chi connectivity index (χ0) is 40.4. The van der Waals surface area contributed by atoms with Crippen molar-refractivity contribution in [2.75, 3.05) is 13.2 Å². The van der Waals surface area contributed by atoms with Gasteiger partial charge >= 0.3 is 0 Å². The van der Waals surface area contributed by atoms with Crippen LogP contribution in [0.5, 0.6) is 0 Å². The van der Waals surface area contributed by atoms with E-state index in [0.717, 1.165) is 32.1 Å². The molecule has 7 fully saturated rings. The Kier molecular flexibility index (Phi) is 11.1. The van der Waals surface area contributed by atoms with Gasteiger partial charge in [-0.05, 0) is 111 Å². The Morgan fingerprint density at radius 3 is 1.98 bits per heavy atom. The summed E-state index contributed by atoms with van der Waals surface area (Å²) in [4.78, 5) is 0. The highest BCUT2D eigenvalue weighted by Gasteiger charge is 2.72. The Hall–Kier alpha value is -0.560. The van der Waals surface area contributed by atoms with Crippen molar-refractivity contribution in [3.05, 3.63) is 0 Å². The second-order valence-electron chi connectivity index (χ2n) is 20.7. The van der Waals surface area contributed by atoms with Crippen molar-refractivity contribution < 1.29 is 69.6 Å². The van der Waals surface area contributed by atoms with Gasteiger partial charge in [-0.3, -0.25) is 0 Å². The summed E-state index contributed by atoms with van der Waals surface area (Å²) < 4.78 is 30.9. The van der Waals surface area contributed by atoms with E-state index < -0.39 is 103 Å². The first-order valence-electron chi connectivity index (χ1n) is 20.8. The summed E-state index contributed by atoms with van der Waals surface area (Å²) >= 11 is 0. The molecule has 3 heterocycles. The van der Waals surface area contributed by atoms with Gasteiger partial charge in [-0.2, -0.15) is 0 Å². The number of fused-ring (bicyclic) bond motifs is 5.